The molecule has 1 aromatic carbocycles. The predicted octanol–water partition coefficient (Wildman–Crippen LogP) is 4.16. The van der Waals surface area contributed by atoms with E-state index in [2.05, 4.69) is 11.0 Å². The molecule has 2 aromatic rings. The van der Waals surface area contributed by atoms with Crippen LogP contribution < -0.4 is 0 Å². The van der Waals surface area contributed by atoms with Crippen molar-refractivity contribution >= 4 is 50.3 Å². The molecule has 0 N–H and O–H groups in total. The number of hydrogen-bond acceptors (Lipinski definition) is 5. The second-order valence-electron chi connectivity index (χ2n) is 5.68. The van der Waals surface area contributed by atoms with Crippen molar-refractivity contribution in [2.45, 2.75) is 18.2 Å². The highest BCUT2D eigenvalue weighted by atomic mass is 32.2. The summed E-state index contributed by atoms with van der Waals surface area (Å²) in [4.78, 5) is 15.4. The quantitative estimate of drug-likeness (QED) is 0.522. The Bertz CT molecular complexity index is 1000. The summed E-state index contributed by atoms with van der Waals surface area (Å²) in [5, 5.41) is 2.06. The Labute approximate surface area is 167 Å². The summed E-state index contributed by atoms with van der Waals surface area (Å²) in [6, 6.07) is 10.4. The van der Waals surface area contributed by atoms with Gasteiger partial charge in [0, 0.05) is 11.4 Å². The largest absolute Gasteiger partial charge is 0.284 e. The molecule has 1 aromatic heterocycles. The maximum Gasteiger partial charge on any atom is 0.284 e. The molecule has 0 aliphatic carbocycles. The molecule has 3 rings (SSSR count). The van der Waals surface area contributed by atoms with Gasteiger partial charge in [-0.1, -0.05) is 31.2 Å². The first kappa shape index (κ1) is 19.6. The topological polar surface area (TPSA) is 66.8 Å². The van der Waals surface area contributed by atoms with E-state index in [1.807, 2.05) is 24.4 Å². The number of thiophene rings is 1. The maximum atomic E-state index is 12.7. The molecule has 0 unspecified atom stereocenters. The number of amidine groups is 1. The van der Waals surface area contributed by atoms with Gasteiger partial charge in [0.2, 0.25) is 0 Å². The third-order valence-corrected chi connectivity index (χ3v) is 7.07. The summed E-state index contributed by atoms with van der Waals surface area (Å²) in [6.07, 6.45) is 4.12. The Morgan fingerprint density at radius 2 is 1.96 bits per heavy atom. The molecular weight excluding hydrogens is 400 g/mol. The van der Waals surface area contributed by atoms with Crippen molar-refractivity contribution in [3.63, 3.8) is 0 Å². The van der Waals surface area contributed by atoms with Crippen molar-refractivity contribution in [3.8, 4) is 0 Å². The smallest absolute Gasteiger partial charge is 0.282 e. The van der Waals surface area contributed by atoms with Crippen LogP contribution in [0.15, 0.2) is 68.6 Å². The molecule has 1 amide bonds. The van der Waals surface area contributed by atoms with E-state index in [1.54, 1.807) is 36.4 Å². The highest BCUT2D eigenvalue weighted by Gasteiger charge is 2.34. The Hall–Kier alpha value is -2.16. The summed E-state index contributed by atoms with van der Waals surface area (Å²) in [5.41, 5.74) is 1.04. The molecule has 1 aliphatic rings. The van der Waals surface area contributed by atoms with Gasteiger partial charge in [0.15, 0.2) is 5.17 Å². The molecular formula is C19H18N2O3S3. The van der Waals surface area contributed by atoms with E-state index < -0.39 is 10.0 Å². The first-order valence-electron chi connectivity index (χ1n) is 8.24. The number of rotatable bonds is 6. The van der Waals surface area contributed by atoms with Crippen molar-refractivity contribution < 1.29 is 13.2 Å². The van der Waals surface area contributed by atoms with Gasteiger partial charge in [-0.15, -0.1) is 22.3 Å². The van der Waals surface area contributed by atoms with E-state index in [-0.39, 0.29) is 22.5 Å². The van der Waals surface area contributed by atoms with Crippen LogP contribution >= 0.6 is 23.1 Å². The summed E-state index contributed by atoms with van der Waals surface area (Å²) < 4.78 is 29.3. The predicted molar refractivity (Wildman–Crippen MR) is 112 cm³/mol. The molecule has 27 heavy (non-hydrogen) atoms. The molecule has 2 heterocycles. The second kappa shape index (κ2) is 8.24. The maximum absolute atomic E-state index is 12.7. The zero-order valence-electron chi connectivity index (χ0n) is 14.7. The molecule has 140 valence electrons. The third kappa shape index (κ3) is 4.40. The monoisotopic (exact) mass is 418 g/mol. The molecule has 0 bridgehead atoms. The number of sulfonamides is 1. The van der Waals surface area contributed by atoms with Crippen LogP contribution in [0.1, 0.15) is 17.4 Å². The summed E-state index contributed by atoms with van der Waals surface area (Å²) in [7, 11) is -3.91. The van der Waals surface area contributed by atoms with E-state index >= 15 is 0 Å². The fourth-order valence-corrected chi connectivity index (χ4v) is 5.33. The molecule has 1 saturated heterocycles. The van der Waals surface area contributed by atoms with Crippen LogP contribution in [0, 0.1) is 0 Å². The molecule has 0 radical (unpaired) electrons. The highest BCUT2D eigenvalue weighted by Crippen LogP contribution is 2.34. The van der Waals surface area contributed by atoms with Crippen LogP contribution in [-0.2, 0) is 21.2 Å². The van der Waals surface area contributed by atoms with Crippen molar-refractivity contribution in [2.75, 3.05) is 6.54 Å². The number of aryl methyl sites for hydroxylation is 1. The van der Waals surface area contributed by atoms with Crippen LogP contribution in [0.3, 0.4) is 0 Å². The van der Waals surface area contributed by atoms with E-state index in [1.165, 1.54) is 16.2 Å². The number of hydrogen-bond donors (Lipinski definition) is 0. The minimum absolute atomic E-state index is 0.106. The van der Waals surface area contributed by atoms with Gasteiger partial charge >= 0.3 is 0 Å². The Morgan fingerprint density at radius 3 is 2.56 bits per heavy atom. The van der Waals surface area contributed by atoms with Crippen molar-refractivity contribution in [1.29, 1.82) is 0 Å². The first-order chi connectivity index (χ1) is 12.9. The van der Waals surface area contributed by atoms with Gasteiger partial charge in [-0.25, -0.2) is 0 Å². The highest BCUT2D eigenvalue weighted by molar-refractivity contribution is 8.19. The summed E-state index contributed by atoms with van der Waals surface area (Å²) in [6.45, 7) is 5.83. The summed E-state index contributed by atoms with van der Waals surface area (Å²) in [5.74, 6) is -0.274. The number of carbonyl (C=O) groups excluding carboxylic acids is 1. The molecule has 8 heteroatoms. The van der Waals surface area contributed by atoms with Gasteiger partial charge in [0.25, 0.3) is 15.9 Å². The van der Waals surface area contributed by atoms with E-state index in [4.69, 9.17) is 0 Å². The minimum atomic E-state index is -3.91. The van der Waals surface area contributed by atoms with E-state index in [0.717, 1.165) is 28.6 Å². The van der Waals surface area contributed by atoms with Crippen LogP contribution in [0.4, 0.5) is 0 Å². The molecule has 1 fully saturated rings. The van der Waals surface area contributed by atoms with Gasteiger partial charge in [-0.05, 0) is 53.4 Å². The van der Waals surface area contributed by atoms with E-state index in [9.17, 15) is 13.2 Å². The lowest BCUT2D eigenvalue weighted by Gasteiger charge is -2.12. The van der Waals surface area contributed by atoms with Crippen LogP contribution in [0.5, 0.6) is 0 Å². The number of amides is 1. The van der Waals surface area contributed by atoms with Gasteiger partial charge in [0.1, 0.15) is 0 Å². The van der Waals surface area contributed by atoms with E-state index in [0.29, 0.717) is 4.91 Å². The molecule has 0 spiro atoms. The SMILES string of the molecule is C=CCN1C(=O)/C(=C\c2cccs2)S/C1=N\S(=O)(=O)c1ccc(CC)cc1. The van der Waals surface area contributed by atoms with Gasteiger partial charge in [0.05, 0.1) is 9.80 Å². The van der Waals surface area contributed by atoms with Crippen molar-refractivity contribution in [1.82, 2.24) is 4.90 Å². The lowest BCUT2D eigenvalue weighted by atomic mass is 10.2. The number of carbonyl (C=O) groups is 1. The first-order valence-corrected chi connectivity index (χ1v) is 11.4. The molecule has 0 saturated carbocycles. The fraction of sp³-hybridized carbons (Fsp3) is 0.158. The van der Waals surface area contributed by atoms with Crippen LogP contribution in [0.2, 0.25) is 0 Å². The lowest BCUT2D eigenvalue weighted by molar-refractivity contribution is -0.121. The van der Waals surface area contributed by atoms with Crippen LogP contribution in [-0.4, -0.2) is 30.9 Å². The number of thioether (sulfide) groups is 1. The van der Waals surface area contributed by atoms with Crippen molar-refractivity contribution in [3.05, 3.63) is 69.8 Å². The average molecular weight is 419 g/mol. The second-order valence-corrected chi connectivity index (χ2v) is 9.27. The van der Waals surface area contributed by atoms with Gasteiger partial charge < -0.3 is 0 Å². The lowest BCUT2D eigenvalue weighted by Crippen LogP contribution is -2.29. The van der Waals surface area contributed by atoms with Crippen LogP contribution in [0.25, 0.3) is 6.08 Å². The molecule has 5 nitrogen and oxygen atoms in total. The zero-order chi connectivity index (χ0) is 19.4. The number of benzene rings is 1. The van der Waals surface area contributed by atoms with Gasteiger partial charge in [-0.2, -0.15) is 8.42 Å². The Morgan fingerprint density at radius 1 is 1.22 bits per heavy atom. The minimum Gasteiger partial charge on any atom is -0.282 e. The Kier molecular flexibility index (Phi) is 5.98. The zero-order valence-corrected chi connectivity index (χ0v) is 17.1. The normalized spacial score (nSPS) is 17.8. The fourth-order valence-electron chi connectivity index (χ4n) is 2.42. The molecule has 0 atom stereocenters. The Balaban J connectivity index is 1.96. The standard InChI is InChI=1S/C19H18N2O3S3/c1-3-11-21-18(22)17(13-15-6-5-12-25-15)26-19(21)20-27(23,24)16-9-7-14(4-2)8-10-16/h3,5-10,12-13H,1,4,11H2,2H3/b17-13+,20-19-. The van der Waals surface area contributed by atoms with Crippen molar-refractivity contribution in [2.24, 2.45) is 4.40 Å². The summed E-state index contributed by atoms with van der Waals surface area (Å²) >= 11 is 2.56. The van der Waals surface area contributed by atoms with Gasteiger partial charge in [-0.3, -0.25) is 9.69 Å². The third-order valence-electron chi connectivity index (χ3n) is 3.84. The average Bonchev–Trinajstić information content (AvgIpc) is 3.26. The molecule has 1 aliphatic heterocycles. The number of nitrogens with zero attached hydrogens (tertiary/aromatic N) is 2.